The predicted octanol–water partition coefficient (Wildman–Crippen LogP) is 5.08. The lowest BCUT2D eigenvalue weighted by molar-refractivity contribution is 0.464. The minimum Gasteiger partial charge on any atom is -0.312 e. The Labute approximate surface area is 130 Å². The summed E-state index contributed by atoms with van der Waals surface area (Å²) in [5.74, 6) is 0.764. The fourth-order valence-corrected chi connectivity index (χ4v) is 3.11. The van der Waals surface area contributed by atoms with E-state index in [2.05, 4.69) is 53.3 Å². The molecule has 1 unspecified atom stereocenters. The van der Waals surface area contributed by atoms with Crippen LogP contribution in [-0.4, -0.2) is 12.0 Å². The van der Waals surface area contributed by atoms with E-state index in [4.69, 9.17) is 4.98 Å². The molecular weight excluding hydrogens is 312 g/mol. The Hall–Kier alpha value is -0.930. The van der Waals surface area contributed by atoms with E-state index < -0.39 is 0 Å². The molecule has 0 spiro atoms. The molecule has 1 atom stereocenters. The third kappa shape index (κ3) is 3.80. The van der Waals surface area contributed by atoms with Crippen molar-refractivity contribution in [3.05, 3.63) is 40.5 Å². The molecule has 0 radical (unpaired) electrons. The average Bonchev–Trinajstić information content (AvgIpc) is 2.43. The molecule has 1 N–H and O–H groups in total. The Balaban J connectivity index is 2.22. The van der Waals surface area contributed by atoms with Gasteiger partial charge in [0, 0.05) is 9.86 Å². The van der Waals surface area contributed by atoms with Crippen molar-refractivity contribution in [1.82, 2.24) is 10.3 Å². The summed E-state index contributed by atoms with van der Waals surface area (Å²) in [4.78, 5) is 4.83. The van der Waals surface area contributed by atoms with E-state index in [9.17, 15) is 0 Å². The number of halogens is 1. The smallest absolute Gasteiger partial charge is 0.0722 e. The summed E-state index contributed by atoms with van der Waals surface area (Å²) in [6.45, 7) is 4.55. The molecule has 2 aromatic rings. The second-order valence-electron chi connectivity index (χ2n) is 5.71. The summed E-state index contributed by atoms with van der Waals surface area (Å²) in [5.41, 5.74) is 2.18. The van der Waals surface area contributed by atoms with Crippen molar-refractivity contribution in [3.63, 3.8) is 0 Å². The quantitative estimate of drug-likeness (QED) is 0.796. The maximum atomic E-state index is 4.83. The molecule has 1 aromatic carbocycles. The zero-order valence-electron chi connectivity index (χ0n) is 12.5. The molecule has 1 aromatic heterocycles. The Kier molecular flexibility index (Phi) is 5.55. The van der Waals surface area contributed by atoms with E-state index in [1.165, 1.54) is 18.2 Å². The number of hydrogen-bond acceptors (Lipinski definition) is 2. The number of fused-ring (bicyclic) bond motifs is 1. The van der Waals surface area contributed by atoms with Crippen molar-refractivity contribution in [2.75, 3.05) is 7.05 Å². The Morgan fingerprint density at radius 2 is 1.95 bits per heavy atom. The summed E-state index contributed by atoms with van der Waals surface area (Å²) in [6, 6.07) is 10.8. The SMILES string of the molecule is CNC(CCCC(C)C)c1nc2ccccc2cc1Br. The predicted molar refractivity (Wildman–Crippen MR) is 89.9 cm³/mol. The van der Waals surface area contributed by atoms with Crippen molar-refractivity contribution in [1.29, 1.82) is 0 Å². The van der Waals surface area contributed by atoms with E-state index in [-0.39, 0.29) is 0 Å². The number of nitrogens with zero attached hydrogens (tertiary/aromatic N) is 1. The zero-order valence-corrected chi connectivity index (χ0v) is 14.1. The number of nitrogens with one attached hydrogen (secondary N) is 1. The van der Waals surface area contributed by atoms with Gasteiger partial charge in [0.15, 0.2) is 0 Å². The minimum absolute atomic E-state index is 0.313. The molecule has 1 heterocycles. The standard InChI is InChI=1S/C17H23BrN2/c1-12(2)7-6-10-16(19-3)17-14(18)11-13-8-4-5-9-15(13)20-17/h4-5,8-9,11-12,16,19H,6-7,10H2,1-3H3. The van der Waals surface area contributed by atoms with Gasteiger partial charge in [0.2, 0.25) is 0 Å². The molecular formula is C17H23BrN2. The molecule has 0 saturated heterocycles. The first kappa shape index (κ1) is 15.5. The molecule has 0 fully saturated rings. The van der Waals surface area contributed by atoms with Gasteiger partial charge < -0.3 is 5.32 Å². The Morgan fingerprint density at radius 1 is 1.20 bits per heavy atom. The number of pyridine rings is 1. The van der Waals surface area contributed by atoms with E-state index in [0.29, 0.717) is 6.04 Å². The van der Waals surface area contributed by atoms with Gasteiger partial charge in [-0.2, -0.15) is 0 Å². The highest BCUT2D eigenvalue weighted by atomic mass is 79.9. The van der Waals surface area contributed by atoms with Gasteiger partial charge in [0.05, 0.1) is 17.3 Å². The summed E-state index contributed by atoms with van der Waals surface area (Å²) >= 11 is 3.68. The van der Waals surface area contributed by atoms with Gasteiger partial charge in [-0.3, -0.25) is 0 Å². The van der Waals surface area contributed by atoms with Gasteiger partial charge in [0.25, 0.3) is 0 Å². The van der Waals surface area contributed by atoms with E-state index >= 15 is 0 Å². The van der Waals surface area contributed by atoms with E-state index in [1.54, 1.807) is 0 Å². The lowest BCUT2D eigenvalue weighted by Gasteiger charge is -2.18. The van der Waals surface area contributed by atoms with Crippen LogP contribution in [0.15, 0.2) is 34.8 Å². The van der Waals surface area contributed by atoms with Gasteiger partial charge in [-0.1, -0.05) is 44.9 Å². The molecule has 0 aliphatic heterocycles. The minimum atomic E-state index is 0.313. The highest BCUT2D eigenvalue weighted by Crippen LogP contribution is 2.28. The van der Waals surface area contributed by atoms with Crippen LogP contribution in [0.1, 0.15) is 44.8 Å². The first-order valence-corrected chi connectivity index (χ1v) is 8.13. The second kappa shape index (κ2) is 7.19. The third-order valence-electron chi connectivity index (χ3n) is 3.66. The van der Waals surface area contributed by atoms with Crippen LogP contribution in [0.4, 0.5) is 0 Å². The summed E-state index contributed by atoms with van der Waals surface area (Å²) in [5, 5.41) is 4.59. The largest absolute Gasteiger partial charge is 0.312 e. The van der Waals surface area contributed by atoms with E-state index in [0.717, 1.165) is 28.0 Å². The molecule has 0 aliphatic rings. The van der Waals surface area contributed by atoms with Gasteiger partial charge in [-0.05, 0) is 47.4 Å². The number of aromatic nitrogens is 1. The molecule has 2 rings (SSSR count). The highest BCUT2D eigenvalue weighted by Gasteiger charge is 2.15. The number of hydrogen-bond donors (Lipinski definition) is 1. The topological polar surface area (TPSA) is 24.9 Å². The maximum absolute atomic E-state index is 4.83. The summed E-state index contributed by atoms with van der Waals surface area (Å²) < 4.78 is 1.10. The van der Waals surface area contributed by atoms with Crippen LogP contribution in [0.2, 0.25) is 0 Å². The Bertz CT molecular complexity index is 566. The molecule has 0 amide bonds. The molecule has 2 nitrogen and oxygen atoms in total. The van der Waals surface area contributed by atoms with Crippen molar-refractivity contribution in [2.45, 2.75) is 39.2 Å². The maximum Gasteiger partial charge on any atom is 0.0722 e. The summed E-state index contributed by atoms with van der Waals surface area (Å²) in [7, 11) is 2.02. The van der Waals surface area contributed by atoms with Crippen LogP contribution >= 0.6 is 15.9 Å². The van der Waals surface area contributed by atoms with Crippen molar-refractivity contribution in [2.24, 2.45) is 5.92 Å². The molecule has 0 aliphatic carbocycles. The van der Waals surface area contributed by atoms with Crippen molar-refractivity contribution >= 4 is 26.8 Å². The van der Waals surface area contributed by atoms with Crippen LogP contribution in [0.3, 0.4) is 0 Å². The summed E-state index contributed by atoms with van der Waals surface area (Å²) in [6.07, 6.45) is 3.62. The van der Waals surface area contributed by atoms with Gasteiger partial charge >= 0.3 is 0 Å². The van der Waals surface area contributed by atoms with Gasteiger partial charge in [0.1, 0.15) is 0 Å². The number of benzene rings is 1. The van der Waals surface area contributed by atoms with Crippen LogP contribution < -0.4 is 5.32 Å². The molecule has 0 saturated carbocycles. The normalized spacial score (nSPS) is 13.1. The van der Waals surface area contributed by atoms with Crippen molar-refractivity contribution in [3.8, 4) is 0 Å². The monoisotopic (exact) mass is 334 g/mol. The van der Waals surface area contributed by atoms with Crippen LogP contribution in [0.5, 0.6) is 0 Å². The fraction of sp³-hybridized carbons (Fsp3) is 0.471. The first-order chi connectivity index (χ1) is 9.61. The van der Waals surface area contributed by atoms with Gasteiger partial charge in [-0.25, -0.2) is 4.98 Å². The number of para-hydroxylation sites is 1. The first-order valence-electron chi connectivity index (χ1n) is 7.34. The lowest BCUT2D eigenvalue weighted by atomic mass is 10.0. The lowest BCUT2D eigenvalue weighted by Crippen LogP contribution is -2.18. The molecule has 20 heavy (non-hydrogen) atoms. The highest BCUT2D eigenvalue weighted by molar-refractivity contribution is 9.10. The third-order valence-corrected chi connectivity index (χ3v) is 4.29. The Morgan fingerprint density at radius 3 is 2.65 bits per heavy atom. The van der Waals surface area contributed by atoms with Crippen LogP contribution in [0.25, 0.3) is 10.9 Å². The molecule has 3 heteroatoms. The van der Waals surface area contributed by atoms with Crippen LogP contribution in [0, 0.1) is 5.92 Å². The van der Waals surface area contributed by atoms with Crippen LogP contribution in [-0.2, 0) is 0 Å². The average molecular weight is 335 g/mol. The molecule has 0 bridgehead atoms. The second-order valence-corrected chi connectivity index (χ2v) is 6.57. The van der Waals surface area contributed by atoms with E-state index in [1.807, 2.05) is 19.2 Å². The number of rotatable bonds is 6. The zero-order chi connectivity index (χ0) is 14.5. The van der Waals surface area contributed by atoms with Crippen molar-refractivity contribution < 1.29 is 0 Å². The van der Waals surface area contributed by atoms with Gasteiger partial charge in [-0.15, -0.1) is 0 Å². The molecule has 108 valence electrons. The fourth-order valence-electron chi connectivity index (χ4n) is 2.50.